The van der Waals surface area contributed by atoms with Crippen LogP contribution in [0.15, 0.2) is 30.3 Å². The lowest BCUT2D eigenvalue weighted by atomic mass is 9.90. The van der Waals surface area contributed by atoms with E-state index in [-0.39, 0.29) is 12.3 Å². The summed E-state index contributed by atoms with van der Waals surface area (Å²) in [5.41, 5.74) is -0.179. The fourth-order valence-electron chi connectivity index (χ4n) is 3.34. The molecule has 1 aromatic rings. The molecule has 0 unspecified atom stereocenters. The SMILES string of the molecule is C[C@H](c1ccccc1)[C@@H]1C[C@H](F)C(=O)N1C1(C(=O)O)CC1. The third-order valence-electron chi connectivity index (χ3n) is 4.77. The Morgan fingerprint density at radius 1 is 1.38 bits per heavy atom. The largest absolute Gasteiger partial charge is 0.479 e. The molecule has 0 radical (unpaired) electrons. The molecule has 1 aliphatic heterocycles. The minimum atomic E-state index is -1.59. The minimum Gasteiger partial charge on any atom is -0.479 e. The molecule has 1 amide bonds. The van der Waals surface area contributed by atoms with E-state index in [1.165, 1.54) is 4.90 Å². The molecular formula is C16H18FNO3. The average molecular weight is 291 g/mol. The first-order chi connectivity index (χ1) is 9.97. The smallest absolute Gasteiger partial charge is 0.329 e. The van der Waals surface area contributed by atoms with Crippen molar-refractivity contribution >= 4 is 11.9 Å². The molecule has 3 rings (SSSR count). The fourth-order valence-corrected chi connectivity index (χ4v) is 3.34. The van der Waals surface area contributed by atoms with Crippen LogP contribution in [0.5, 0.6) is 0 Å². The summed E-state index contributed by atoms with van der Waals surface area (Å²) >= 11 is 0. The highest BCUT2D eigenvalue weighted by molar-refractivity contribution is 5.93. The van der Waals surface area contributed by atoms with Gasteiger partial charge in [0.1, 0.15) is 5.54 Å². The van der Waals surface area contributed by atoms with Crippen molar-refractivity contribution in [2.24, 2.45) is 0 Å². The van der Waals surface area contributed by atoms with Gasteiger partial charge in [-0.2, -0.15) is 0 Å². The topological polar surface area (TPSA) is 57.6 Å². The predicted octanol–water partition coefficient (Wildman–Crippen LogP) is 2.35. The number of amides is 1. The second-order valence-electron chi connectivity index (χ2n) is 6.01. The molecule has 1 saturated heterocycles. The molecule has 3 atom stereocenters. The highest BCUT2D eigenvalue weighted by Crippen LogP contribution is 2.49. The van der Waals surface area contributed by atoms with E-state index >= 15 is 0 Å². The van der Waals surface area contributed by atoms with Crippen LogP contribution in [0.1, 0.15) is 37.7 Å². The summed E-state index contributed by atoms with van der Waals surface area (Å²) in [6.07, 6.45) is -0.681. The lowest BCUT2D eigenvalue weighted by Crippen LogP contribution is -2.50. The van der Waals surface area contributed by atoms with Gasteiger partial charge in [-0.3, -0.25) is 4.79 Å². The molecule has 2 fully saturated rings. The standard InChI is InChI=1S/C16H18FNO3/c1-10(11-5-3-2-4-6-11)13-9-12(17)14(19)18(13)16(7-8-16)15(20)21/h2-6,10,12-13H,7-9H2,1H3,(H,20,21)/t10-,12+,13+/m1/s1. The molecule has 1 N–H and O–H groups in total. The maximum Gasteiger partial charge on any atom is 0.329 e. The first kappa shape index (κ1) is 14.0. The Labute approximate surface area is 122 Å². The lowest BCUT2D eigenvalue weighted by Gasteiger charge is -2.34. The number of carbonyl (C=O) groups is 2. The molecule has 5 heteroatoms. The third-order valence-corrected chi connectivity index (χ3v) is 4.77. The second kappa shape index (κ2) is 4.83. The highest BCUT2D eigenvalue weighted by atomic mass is 19.1. The Morgan fingerprint density at radius 3 is 2.52 bits per heavy atom. The number of nitrogens with zero attached hydrogens (tertiary/aromatic N) is 1. The molecule has 2 aliphatic rings. The summed E-state index contributed by atoms with van der Waals surface area (Å²) in [6, 6.07) is 9.14. The summed E-state index contributed by atoms with van der Waals surface area (Å²) < 4.78 is 13.9. The first-order valence-corrected chi connectivity index (χ1v) is 7.23. The number of hydrogen-bond donors (Lipinski definition) is 1. The number of likely N-dealkylation sites (tertiary alicyclic amines) is 1. The van der Waals surface area contributed by atoms with Gasteiger partial charge in [0.25, 0.3) is 5.91 Å². The number of halogens is 1. The van der Waals surface area contributed by atoms with Gasteiger partial charge in [0.2, 0.25) is 0 Å². The minimum absolute atomic E-state index is 0.0733. The molecule has 0 bridgehead atoms. The van der Waals surface area contributed by atoms with E-state index in [9.17, 15) is 19.1 Å². The van der Waals surface area contributed by atoms with E-state index in [4.69, 9.17) is 0 Å². The zero-order valence-corrected chi connectivity index (χ0v) is 11.8. The van der Waals surface area contributed by atoms with Gasteiger partial charge in [0.05, 0.1) is 0 Å². The molecule has 0 aromatic heterocycles. The molecule has 112 valence electrons. The highest BCUT2D eigenvalue weighted by Gasteiger charge is 2.62. The quantitative estimate of drug-likeness (QED) is 0.926. The van der Waals surface area contributed by atoms with Crippen molar-refractivity contribution in [1.82, 2.24) is 4.90 Å². The van der Waals surface area contributed by atoms with Gasteiger partial charge < -0.3 is 10.0 Å². The van der Waals surface area contributed by atoms with Gasteiger partial charge in [-0.05, 0) is 18.4 Å². The van der Waals surface area contributed by atoms with Crippen LogP contribution in [-0.4, -0.2) is 39.6 Å². The van der Waals surface area contributed by atoms with Crippen LogP contribution >= 0.6 is 0 Å². The summed E-state index contributed by atoms with van der Waals surface area (Å²) in [4.78, 5) is 25.0. The molecular weight excluding hydrogens is 273 g/mol. The number of carboxylic acid groups (broad SMARTS) is 1. The maximum atomic E-state index is 13.9. The Bertz CT molecular complexity index is 570. The summed E-state index contributed by atoms with van der Waals surface area (Å²) in [7, 11) is 0. The Balaban J connectivity index is 1.93. The number of carboxylic acids is 1. The number of hydrogen-bond acceptors (Lipinski definition) is 2. The second-order valence-corrected chi connectivity index (χ2v) is 6.01. The van der Waals surface area contributed by atoms with Crippen LogP contribution in [-0.2, 0) is 9.59 Å². The van der Waals surface area contributed by atoms with Crippen LogP contribution in [0.4, 0.5) is 4.39 Å². The number of carbonyl (C=O) groups excluding carboxylic acids is 1. The van der Waals surface area contributed by atoms with Crippen LogP contribution in [0.3, 0.4) is 0 Å². The molecule has 1 heterocycles. The Morgan fingerprint density at radius 2 is 2.00 bits per heavy atom. The van der Waals surface area contributed by atoms with E-state index < -0.39 is 29.6 Å². The summed E-state index contributed by atoms with van der Waals surface area (Å²) in [6.45, 7) is 1.93. The summed E-state index contributed by atoms with van der Waals surface area (Å²) in [5, 5.41) is 9.42. The number of aliphatic carboxylic acids is 1. The first-order valence-electron chi connectivity index (χ1n) is 7.23. The normalized spacial score (nSPS) is 28.5. The Hall–Kier alpha value is -1.91. The van der Waals surface area contributed by atoms with E-state index in [0.717, 1.165) is 5.56 Å². The van der Waals surface area contributed by atoms with Gasteiger partial charge in [-0.15, -0.1) is 0 Å². The monoisotopic (exact) mass is 291 g/mol. The van der Waals surface area contributed by atoms with Crippen molar-refractivity contribution in [1.29, 1.82) is 0 Å². The van der Waals surface area contributed by atoms with Crippen molar-refractivity contribution < 1.29 is 19.1 Å². The Kier molecular flexibility index (Phi) is 3.23. The van der Waals surface area contributed by atoms with Gasteiger partial charge in [0.15, 0.2) is 6.17 Å². The van der Waals surface area contributed by atoms with Crippen LogP contribution in [0, 0.1) is 0 Å². The van der Waals surface area contributed by atoms with Crippen molar-refractivity contribution in [3.8, 4) is 0 Å². The van der Waals surface area contributed by atoms with Crippen molar-refractivity contribution in [2.75, 3.05) is 0 Å². The average Bonchev–Trinajstić information content (AvgIpc) is 3.22. The van der Waals surface area contributed by atoms with Crippen molar-refractivity contribution in [3.63, 3.8) is 0 Å². The van der Waals surface area contributed by atoms with E-state index in [0.29, 0.717) is 12.8 Å². The van der Waals surface area contributed by atoms with E-state index in [1.807, 2.05) is 37.3 Å². The van der Waals surface area contributed by atoms with Gasteiger partial charge in [-0.25, -0.2) is 9.18 Å². The molecule has 1 aliphatic carbocycles. The van der Waals surface area contributed by atoms with E-state index in [1.54, 1.807) is 0 Å². The maximum absolute atomic E-state index is 13.9. The fraction of sp³-hybridized carbons (Fsp3) is 0.500. The van der Waals surface area contributed by atoms with Crippen LogP contribution in [0.2, 0.25) is 0 Å². The zero-order chi connectivity index (χ0) is 15.2. The summed E-state index contributed by atoms with van der Waals surface area (Å²) in [5.74, 6) is -1.77. The molecule has 1 saturated carbocycles. The van der Waals surface area contributed by atoms with Crippen molar-refractivity contribution in [3.05, 3.63) is 35.9 Å². The molecule has 4 nitrogen and oxygen atoms in total. The van der Waals surface area contributed by atoms with Crippen molar-refractivity contribution in [2.45, 2.75) is 49.9 Å². The zero-order valence-electron chi connectivity index (χ0n) is 11.8. The molecule has 0 spiro atoms. The van der Waals surface area contributed by atoms with Crippen LogP contribution in [0.25, 0.3) is 0 Å². The van der Waals surface area contributed by atoms with Gasteiger partial charge in [0, 0.05) is 18.4 Å². The van der Waals surface area contributed by atoms with E-state index in [2.05, 4.69) is 0 Å². The van der Waals surface area contributed by atoms with Gasteiger partial charge >= 0.3 is 5.97 Å². The number of rotatable bonds is 4. The third kappa shape index (κ3) is 2.11. The molecule has 21 heavy (non-hydrogen) atoms. The van der Waals surface area contributed by atoms with Gasteiger partial charge in [-0.1, -0.05) is 37.3 Å². The molecule has 1 aromatic carbocycles. The number of benzene rings is 1. The lowest BCUT2D eigenvalue weighted by molar-refractivity contribution is -0.153. The predicted molar refractivity (Wildman–Crippen MR) is 74.6 cm³/mol. The van der Waals surface area contributed by atoms with Crippen LogP contribution < -0.4 is 0 Å². The number of alkyl halides is 1.